The number of rotatable bonds is 9. The summed E-state index contributed by atoms with van der Waals surface area (Å²) in [7, 11) is 1.46. The fraction of sp³-hybridized carbons (Fsp3) is 0.321. The van der Waals surface area contributed by atoms with Gasteiger partial charge in [0.05, 0.1) is 49.8 Å². The molecule has 3 aromatic rings. The number of hydrogen-bond acceptors (Lipinski definition) is 7. The molecule has 11 heteroatoms. The summed E-state index contributed by atoms with van der Waals surface area (Å²) in [4.78, 5) is 20.9. The molecular weight excluding hydrogens is 515 g/mol. The number of fused-ring (bicyclic) bond motifs is 1. The number of benzene rings is 1. The van der Waals surface area contributed by atoms with E-state index in [0.29, 0.717) is 29.8 Å². The predicted octanol–water partition coefficient (Wildman–Crippen LogP) is 3.56. The fourth-order valence-corrected chi connectivity index (χ4v) is 4.35. The highest BCUT2D eigenvalue weighted by Gasteiger charge is 2.32. The molecule has 2 aromatic heterocycles. The van der Waals surface area contributed by atoms with Crippen LogP contribution in [0.1, 0.15) is 30.4 Å². The average molecular weight is 544 g/mol. The molecule has 206 valence electrons. The molecule has 1 fully saturated rings. The van der Waals surface area contributed by atoms with Gasteiger partial charge in [-0.3, -0.25) is 9.78 Å². The zero-order valence-electron chi connectivity index (χ0n) is 21.1. The predicted molar refractivity (Wildman–Crippen MR) is 138 cm³/mol. The monoisotopic (exact) mass is 543 g/mol. The Labute approximate surface area is 222 Å². The maximum atomic E-state index is 14.7. The Hall–Kier alpha value is -3.80. The molecule has 1 aliphatic heterocycles. The molecule has 0 bridgehead atoms. The summed E-state index contributed by atoms with van der Waals surface area (Å²) in [5, 5.41) is 22.1. The van der Waals surface area contributed by atoms with E-state index in [-0.39, 0.29) is 17.5 Å². The molecule has 0 aliphatic carbocycles. The molecule has 1 aromatic carbocycles. The van der Waals surface area contributed by atoms with E-state index in [2.05, 4.69) is 15.3 Å². The zero-order valence-corrected chi connectivity index (χ0v) is 21.1. The smallest absolute Gasteiger partial charge is 0.244 e. The fourth-order valence-electron chi connectivity index (χ4n) is 4.35. The van der Waals surface area contributed by atoms with Crippen LogP contribution in [0.5, 0.6) is 5.88 Å². The number of hydrogen-bond donors (Lipinski definition) is 3. The summed E-state index contributed by atoms with van der Waals surface area (Å²) in [6, 6.07) is 5.68. The maximum absolute atomic E-state index is 14.7. The van der Waals surface area contributed by atoms with Crippen LogP contribution in [0, 0.1) is 17.5 Å². The van der Waals surface area contributed by atoms with E-state index >= 15 is 0 Å². The van der Waals surface area contributed by atoms with Crippen LogP contribution in [0.2, 0.25) is 0 Å². The molecule has 0 radical (unpaired) electrons. The van der Waals surface area contributed by atoms with Gasteiger partial charge in [0.1, 0.15) is 17.2 Å². The van der Waals surface area contributed by atoms with Gasteiger partial charge in [-0.15, -0.1) is 0 Å². The lowest BCUT2D eigenvalue weighted by Crippen LogP contribution is -2.50. The molecule has 3 N–H and O–H groups in total. The summed E-state index contributed by atoms with van der Waals surface area (Å²) >= 11 is 0. The van der Waals surface area contributed by atoms with Crippen molar-refractivity contribution < 1.29 is 37.7 Å². The summed E-state index contributed by atoms with van der Waals surface area (Å²) in [5.74, 6) is -2.13. The van der Waals surface area contributed by atoms with Crippen LogP contribution < -0.4 is 10.1 Å². The number of methoxy groups -OCH3 is 1. The number of amides is 1. The molecular formula is C28H28F3N3O5. The lowest BCUT2D eigenvalue weighted by atomic mass is 9.94. The van der Waals surface area contributed by atoms with Gasteiger partial charge >= 0.3 is 0 Å². The van der Waals surface area contributed by atoms with E-state index in [1.165, 1.54) is 7.11 Å². The Kier molecular flexibility index (Phi) is 9.28. The van der Waals surface area contributed by atoms with Gasteiger partial charge in [-0.05, 0) is 43.2 Å². The van der Waals surface area contributed by atoms with E-state index in [1.54, 1.807) is 24.3 Å². The number of carbonyl (C=O) groups excluding carboxylic acids is 1. The zero-order chi connectivity index (χ0) is 27.9. The highest BCUT2D eigenvalue weighted by molar-refractivity contribution is 5.92. The Morgan fingerprint density at radius 3 is 2.79 bits per heavy atom. The Morgan fingerprint density at radius 2 is 2.03 bits per heavy atom. The van der Waals surface area contributed by atoms with Crippen LogP contribution in [0.15, 0.2) is 48.7 Å². The summed E-state index contributed by atoms with van der Waals surface area (Å²) in [5.41, 5.74) is 0.935. The molecule has 1 saturated heterocycles. The molecule has 8 nitrogen and oxygen atoms in total. The molecule has 0 unspecified atom stereocenters. The first-order chi connectivity index (χ1) is 18.8. The van der Waals surface area contributed by atoms with Crippen molar-refractivity contribution in [3.05, 3.63) is 77.3 Å². The van der Waals surface area contributed by atoms with Crippen LogP contribution in [0.25, 0.3) is 23.2 Å². The van der Waals surface area contributed by atoms with Crippen LogP contribution in [-0.2, 0) is 9.53 Å². The minimum absolute atomic E-state index is 0.0271. The molecule has 3 heterocycles. The number of aliphatic hydroxyl groups is 2. The maximum Gasteiger partial charge on any atom is 0.244 e. The van der Waals surface area contributed by atoms with E-state index in [0.717, 1.165) is 36.5 Å². The SMILES string of the molecule is COc1ccc2ncc(F)c(/C=C/[C@@H]3CC[C@@H](NC(=O)/C=C/c4cc(F)ccc4F)[C@@H](C[C@@H](O)CO)O3)c2n1. The quantitative estimate of drug-likeness (QED) is 0.354. The molecule has 1 amide bonds. The largest absolute Gasteiger partial charge is 0.481 e. The third kappa shape index (κ3) is 7.20. The molecule has 4 rings (SSSR count). The minimum atomic E-state index is -1.09. The van der Waals surface area contributed by atoms with Gasteiger partial charge in [-0.2, -0.15) is 0 Å². The summed E-state index contributed by atoms with van der Waals surface area (Å²) in [6.45, 7) is -0.499. The Morgan fingerprint density at radius 1 is 1.21 bits per heavy atom. The molecule has 0 spiro atoms. The van der Waals surface area contributed by atoms with Gasteiger partial charge in [-0.1, -0.05) is 12.2 Å². The first-order valence-corrected chi connectivity index (χ1v) is 12.3. The van der Waals surface area contributed by atoms with Crippen LogP contribution in [-0.4, -0.2) is 64.2 Å². The van der Waals surface area contributed by atoms with Gasteiger partial charge in [0.25, 0.3) is 0 Å². The lowest BCUT2D eigenvalue weighted by molar-refractivity contribution is -0.121. The van der Waals surface area contributed by atoms with Crippen molar-refractivity contribution in [1.29, 1.82) is 0 Å². The highest BCUT2D eigenvalue weighted by Crippen LogP contribution is 2.27. The molecule has 4 atom stereocenters. The summed E-state index contributed by atoms with van der Waals surface area (Å²) < 4.78 is 53.1. The van der Waals surface area contributed by atoms with Crippen molar-refractivity contribution in [3.63, 3.8) is 0 Å². The average Bonchev–Trinajstić information content (AvgIpc) is 2.93. The van der Waals surface area contributed by atoms with Gasteiger partial charge in [0.15, 0.2) is 5.82 Å². The van der Waals surface area contributed by atoms with Gasteiger partial charge in [0.2, 0.25) is 11.8 Å². The van der Waals surface area contributed by atoms with E-state index in [9.17, 15) is 28.2 Å². The number of pyridine rings is 2. The highest BCUT2D eigenvalue weighted by atomic mass is 19.1. The van der Waals surface area contributed by atoms with E-state index in [4.69, 9.17) is 9.47 Å². The number of ether oxygens (including phenoxy) is 2. The van der Waals surface area contributed by atoms with Gasteiger partial charge < -0.3 is 25.0 Å². The first-order valence-electron chi connectivity index (χ1n) is 12.3. The van der Waals surface area contributed by atoms with Crippen LogP contribution in [0.4, 0.5) is 13.2 Å². The van der Waals surface area contributed by atoms with Crippen molar-refractivity contribution in [1.82, 2.24) is 15.3 Å². The number of carbonyl (C=O) groups is 1. The van der Waals surface area contributed by atoms with Gasteiger partial charge in [-0.25, -0.2) is 18.2 Å². The second kappa shape index (κ2) is 12.8. The normalized spacial score (nSPS) is 20.5. The van der Waals surface area contributed by atoms with Crippen molar-refractivity contribution in [2.45, 2.75) is 43.6 Å². The van der Waals surface area contributed by atoms with Crippen LogP contribution in [0.3, 0.4) is 0 Å². The number of nitrogens with zero attached hydrogens (tertiary/aromatic N) is 2. The Balaban J connectivity index is 1.48. The van der Waals surface area contributed by atoms with Crippen molar-refractivity contribution in [2.24, 2.45) is 0 Å². The van der Waals surface area contributed by atoms with Crippen molar-refractivity contribution >= 4 is 29.1 Å². The van der Waals surface area contributed by atoms with Crippen molar-refractivity contribution in [3.8, 4) is 5.88 Å². The van der Waals surface area contributed by atoms with Crippen LogP contribution >= 0.6 is 0 Å². The third-order valence-corrected chi connectivity index (χ3v) is 6.34. The summed E-state index contributed by atoms with van der Waals surface area (Å²) in [6.07, 6.45) is 5.23. The standard InChI is InChI=1S/C28H28F3N3O5/c1-38-27-11-9-24-28(34-27)20(22(31)14-32-24)6-4-19-5-8-23(25(39-19)13-18(36)15-35)33-26(37)10-2-16-12-17(29)3-7-21(16)30/h2-4,6-7,9-12,14,18-19,23,25,35-36H,5,8,13,15H2,1H3,(H,33,37)/b6-4+,10-2+/t18-,19-,23-,25-/m1/s1. The van der Waals surface area contributed by atoms with E-state index in [1.807, 2.05) is 0 Å². The second-order valence-electron chi connectivity index (χ2n) is 9.08. The van der Waals surface area contributed by atoms with Crippen molar-refractivity contribution in [2.75, 3.05) is 13.7 Å². The third-order valence-electron chi connectivity index (χ3n) is 6.34. The number of nitrogens with one attached hydrogen (secondary N) is 1. The Bertz CT molecular complexity index is 1380. The van der Waals surface area contributed by atoms with Gasteiger partial charge in [0, 0.05) is 29.7 Å². The minimum Gasteiger partial charge on any atom is -0.481 e. The molecule has 39 heavy (non-hydrogen) atoms. The number of aromatic nitrogens is 2. The topological polar surface area (TPSA) is 114 Å². The van der Waals surface area contributed by atoms with E-state index < -0.39 is 54.3 Å². The second-order valence-corrected chi connectivity index (χ2v) is 9.08. The molecule has 1 aliphatic rings. The first kappa shape index (κ1) is 28.2. The number of aliphatic hydroxyl groups excluding tert-OH is 2. The number of halogens is 3. The lowest BCUT2D eigenvalue weighted by Gasteiger charge is -2.36. The molecule has 0 saturated carbocycles.